The van der Waals surface area contributed by atoms with Crippen LogP contribution in [0.3, 0.4) is 0 Å². The molecule has 0 bridgehead atoms. The zero-order valence-corrected chi connectivity index (χ0v) is 11.1. The van der Waals surface area contributed by atoms with E-state index in [0.717, 1.165) is 18.4 Å². The van der Waals surface area contributed by atoms with Gasteiger partial charge in [0.15, 0.2) is 0 Å². The maximum absolute atomic E-state index is 11.7. The van der Waals surface area contributed by atoms with Crippen molar-refractivity contribution in [2.45, 2.75) is 37.8 Å². The first-order chi connectivity index (χ1) is 9.25. The molecule has 4 nitrogen and oxygen atoms in total. The highest BCUT2D eigenvalue weighted by atomic mass is 16.5. The largest absolute Gasteiger partial charge is 0.462 e. The van der Waals surface area contributed by atoms with Gasteiger partial charge in [-0.2, -0.15) is 0 Å². The zero-order valence-electron chi connectivity index (χ0n) is 11.1. The summed E-state index contributed by atoms with van der Waals surface area (Å²) in [4.78, 5) is 11.7. The Balaban J connectivity index is 1.71. The molecule has 1 aromatic carbocycles. The van der Waals surface area contributed by atoms with Crippen LogP contribution in [0, 0.1) is 0 Å². The van der Waals surface area contributed by atoms with E-state index in [0.29, 0.717) is 26.1 Å². The Morgan fingerprint density at radius 3 is 2.68 bits per heavy atom. The molecule has 1 unspecified atom stereocenters. The first-order valence-corrected chi connectivity index (χ1v) is 6.83. The number of hydrogen-bond acceptors (Lipinski definition) is 4. The molecule has 1 aromatic rings. The van der Waals surface area contributed by atoms with Crippen molar-refractivity contribution in [1.29, 1.82) is 0 Å². The number of benzene rings is 1. The molecule has 0 aliphatic carbocycles. The fourth-order valence-electron chi connectivity index (χ4n) is 2.18. The van der Waals surface area contributed by atoms with Crippen LogP contribution in [0.25, 0.3) is 0 Å². The summed E-state index contributed by atoms with van der Waals surface area (Å²) in [6, 6.07) is 9.72. The van der Waals surface area contributed by atoms with Crippen molar-refractivity contribution >= 4 is 5.97 Å². The van der Waals surface area contributed by atoms with Crippen LogP contribution in [-0.4, -0.2) is 25.3 Å². The first kappa shape index (κ1) is 14.0. The Morgan fingerprint density at radius 1 is 1.32 bits per heavy atom. The van der Waals surface area contributed by atoms with Crippen molar-refractivity contribution in [3.05, 3.63) is 35.9 Å². The van der Waals surface area contributed by atoms with E-state index in [1.807, 2.05) is 30.3 Å². The van der Waals surface area contributed by atoms with Gasteiger partial charge in [-0.3, -0.25) is 4.79 Å². The summed E-state index contributed by atoms with van der Waals surface area (Å²) in [5.74, 6) is -0.154. The van der Waals surface area contributed by atoms with Crippen LogP contribution in [0.5, 0.6) is 0 Å². The fourth-order valence-corrected chi connectivity index (χ4v) is 2.18. The van der Waals surface area contributed by atoms with E-state index < -0.39 is 0 Å². The lowest BCUT2D eigenvalue weighted by molar-refractivity contribution is -0.153. The van der Waals surface area contributed by atoms with Gasteiger partial charge in [-0.05, 0) is 12.0 Å². The van der Waals surface area contributed by atoms with Crippen LogP contribution in [0.4, 0.5) is 0 Å². The highest BCUT2D eigenvalue weighted by molar-refractivity contribution is 5.69. The Bertz CT molecular complexity index is 388. The lowest BCUT2D eigenvalue weighted by Gasteiger charge is -2.22. The third kappa shape index (κ3) is 4.65. The van der Waals surface area contributed by atoms with E-state index >= 15 is 0 Å². The van der Waals surface area contributed by atoms with Gasteiger partial charge in [0.25, 0.3) is 0 Å². The van der Waals surface area contributed by atoms with Gasteiger partial charge in [0.1, 0.15) is 6.10 Å². The first-order valence-electron chi connectivity index (χ1n) is 6.83. The van der Waals surface area contributed by atoms with Crippen molar-refractivity contribution < 1.29 is 14.3 Å². The van der Waals surface area contributed by atoms with Gasteiger partial charge in [0.2, 0.25) is 0 Å². The Morgan fingerprint density at radius 2 is 2.00 bits per heavy atom. The SMILES string of the molecule is NC(CCC(=O)OC1CCOCC1)c1ccccc1. The lowest BCUT2D eigenvalue weighted by atomic mass is 10.0. The van der Waals surface area contributed by atoms with Gasteiger partial charge in [-0.1, -0.05) is 30.3 Å². The Kier molecular flexibility index (Phi) is 5.36. The second-order valence-corrected chi connectivity index (χ2v) is 4.86. The average Bonchev–Trinajstić information content (AvgIpc) is 2.47. The molecular weight excluding hydrogens is 242 g/mol. The molecule has 0 amide bonds. The van der Waals surface area contributed by atoms with E-state index in [-0.39, 0.29) is 18.1 Å². The molecule has 1 fully saturated rings. The number of hydrogen-bond donors (Lipinski definition) is 1. The second-order valence-electron chi connectivity index (χ2n) is 4.86. The van der Waals surface area contributed by atoms with Gasteiger partial charge in [-0.15, -0.1) is 0 Å². The summed E-state index contributed by atoms with van der Waals surface area (Å²) >= 11 is 0. The minimum atomic E-state index is -0.154. The van der Waals surface area contributed by atoms with Gasteiger partial charge in [-0.25, -0.2) is 0 Å². The number of esters is 1. The minimum Gasteiger partial charge on any atom is -0.462 e. The molecule has 1 aliphatic rings. The molecule has 2 rings (SSSR count). The Labute approximate surface area is 113 Å². The normalized spacial score (nSPS) is 17.9. The molecule has 1 aliphatic heterocycles. The molecule has 0 aromatic heterocycles. The molecule has 0 radical (unpaired) electrons. The highest BCUT2D eigenvalue weighted by Gasteiger charge is 2.18. The van der Waals surface area contributed by atoms with Crippen LogP contribution in [-0.2, 0) is 14.3 Å². The molecule has 1 saturated heterocycles. The van der Waals surface area contributed by atoms with Crippen LogP contribution in [0.2, 0.25) is 0 Å². The van der Waals surface area contributed by atoms with Crippen LogP contribution >= 0.6 is 0 Å². The monoisotopic (exact) mass is 263 g/mol. The van der Waals surface area contributed by atoms with Crippen molar-refractivity contribution in [3.8, 4) is 0 Å². The van der Waals surface area contributed by atoms with E-state index in [1.165, 1.54) is 0 Å². The Hall–Kier alpha value is -1.39. The maximum Gasteiger partial charge on any atom is 0.306 e. The standard InChI is InChI=1S/C15H21NO3/c16-14(12-4-2-1-3-5-12)6-7-15(17)19-13-8-10-18-11-9-13/h1-5,13-14H,6-11,16H2. The number of ether oxygens (including phenoxy) is 2. The van der Waals surface area contributed by atoms with E-state index in [9.17, 15) is 4.79 Å². The van der Waals surface area contributed by atoms with Crippen LogP contribution in [0.15, 0.2) is 30.3 Å². The summed E-state index contributed by atoms with van der Waals surface area (Å²) < 4.78 is 10.6. The third-order valence-electron chi connectivity index (χ3n) is 3.35. The molecule has 0 saturated carbocycles. The molecule has 1 atom stereocenters. The summed E-state index contributed by atoms with van der Waals surface area (Å²) in [6.07, 6.45) is 2.61. The number of nitrogens with two attached hydrogens (primary N) is 1. The van der Waals surface area contributed by atoms with E-state index in [2.05, 4.69) is 0 Å². The molecule has 2 N–H and O–H groups in total. The van der Waals surface area contributed by atoms with Crippen LogP contribution in [0.1, 0.15) is 37.3 Å². The topological polar surface area (TPSA) is 61.6 Å². The summed E-state index contributed by atoms with van der Waals surface area (Å²) in [6.45, 7) is 1.36. The lowest BCUT2D eigenvalue weighted by Crippen LogP contribution is -2.26. The third-order valence-corrected chi connectivity index (χ3v) is 3.35. The molecule has 104 valence electrons. The number of carbonyl (C=O) groups is 1. The minimum absolute atomic E-state index is 0.0224. The smallest absolute Gasteiger partial charge is 0.306 e. The highest BCUT2D eigenvalue weighted by Crippen LogP contribution is 2.17. The van der Waals surface area contributed by atoms with Crippen molar-refractivity contribution in [2.75, 3.05) is 13.2 Å². The summed E-state index contributed by atoms with van der Waals surface area (Å²) in [5, 5.41) is 0. The predicted octanol–water partition coefficient (Wildman–Crippen LogP) is 2.19. The second kappa shape index (κ2) is 7.26. The molecular formula is C15H21NO3. The van der Waals surface area contributed by atoms with Crippen molar-refractivity contribution in [1.82, 2.24) is 0 Å². The number of rotatable bonds is 5. The zero-order chi connectivity index (χ0) is 13.5. The summed E-state index contributed by atoms with van der Waals surface area (Å²) in [7, 11) is 0. The van der Waals surface area contributed by atoms with Crippen LogP contribution < -0.4 is 5.73 Å². The van der Waals surface area contributed by atoms with Crippen molar-refractivity contribution in [3.63, 3.8) is 0 Å². The molecule has 4 heteroatoms. The molecule has 19 heavy (non-hydrogen) atoms. The van der Waals surface area contributed by atoms with E-state index in [4.69, 9.17) is 15.2 Å². The quantitative estimate of drug-likeness (QED) is 0.827. The van der Waals surface area contributed by atoms with Gasteiger partial charge in [0, 0.05) is 25.3 Å². The molecule has 0 spiro atoms. The van der Waals surface area contributed by atoms with Gasteiger partial charge >= 0.3 is 5.97 Å². The maximum atomic E-state index is 11.7. The average molecular weight is 263 g/mol. The fraction of sp³-hybridized carbons (Fsp3) is 0.533. The van der Waals surface area contributed by atoms with Crippen molar-refractivity contribution in [2.24, 2.45) is 5.73 Å². The van der Waals surface area contributed by atoms with Gasteiger partial charge in [0.05, 0.1) is 13.2 Å². The molecule has 1 heterocycles. The number of carbonyl (C=O) groups excluding carboxylic acids is 1. The summed E-state index contributed by atoms with van der Waals surface area (Å²) in [5.41, 5.74) is 7.11. The predicted molar refractivity (Wildman–Crippen MR) is 72.5 cm³/mol. The van der Waals surface area contributed by atoms with Gasteiger partial charge < -0.3 is 15.2 Å². The van der Waals surface area contributed by atoms with E-state index in [1.54, 1.807) is 0 Å².